The summed E-state index contributed by atoms with van der Waals surface area (Å²) in [4.78, 5) is 27.6. The van der Waals surface area contributed by atoms with Crippen molar-refractivity contribution in [2.75, 3.05) is 23.7 Å². The molecule has 2 rings (SSSR count). The minimum Gasteiger partial charge on any atom is -0.354 e. The summed E-state index contributed by atoms with van der Waals surface area (Å²) in [5.41, 5.74) is 2.24. The molecule has 0 spiro atoms. The van der Waals surface area contributed by atoms with Gasteiger partial charge in [-0.25, -0.2) is 8.42 Å². The van der Waals surface area contributed by atoms with Gasteiger partial charge in [-0.1, -0.05) is 66.4 Å². The van der Waals surface area contributed by atoms with E-state index in [4.69, 9.17) is 23.2 Å². The van der Waals surface area contributed by atoms with Crippen molar-refractivity contribution in [3.05, 3.63) is 63.6 Å². The van der Waals surface area contributed by atoms with Crippen molar-refractivity contribution in [1.29, 1.82) is 0 Å². The van der Waals surface area contributed by atoms with Gasteiger partial charge in [0.1, 0.15) is 6.04 Å². The minimum atomic E-state index is -3.67. The highest BCUT2D eigenvalue weighted by Gasteiger charge is 2.27. The molecule has 1 N–H and O–H groups in total. The van der Waals surface area contributed by atoms with Crippen LogP contribution in [0.15, 0.2) is 42.5 Å². The number of anilines is 1. The second kappa shape index (κ2) is 13.9. The van der Waals surface area contributed by atoms with Gasteiger partial charge in [0.25, 0.3) is 0 Å². The molecule has 198 valence electrons. The Morgan fingerprint density at radius 3 is 2.44 bits per heavy atom. The Morgan fingerprint density at radius 2 is 1.81 bits per heavy atom. The van der Waals surface area contributed by atoms with Gasteiger partial charge in [-0.05, 0) is 50.5 Å². The fourth-order valence-electron chi connectivity index (χ4n) is 3.79. The molecule has 7 nitrogen and oxygen atoms in total. The van der Waals surface area contributed by atoms with E-state index < -0.39 is 16.1 Å². The van der Waals surface area contributed by atoms with E-state index in [2.05, 4.69) is 5.32 Å². The SMILES string of the molecule is CCCCNC(=O)C(C)N(Cc1cccc(C)c1)C(=O)CCCN(c1cc(Cl)ccc1Cl)S(C)(=O)=O. The molecule has 0 heterocycles. The fraction of sp³-hybridized carbons (Fsp3) is 0.462. The Morgan fingerprint density at radius 1 is 1.08 bits per heavy atom. The number of carbonyl (C=O) groups is 2. The number of benzene rings is 2. The first-order chi connectivity index (χ1) is 16.9. The van der Waals surface area contributed by atoms with Crippen LogP contribution in [0.25, 0.3) is 0 Å². The first-order valence-electron chi connectivity index (χ1n) is 12.0. The third kappa shape index (κ3) is 8.98. The molecule has 0 saturated carbocycles. The smallest absolute Gasteiger partial charge is 0.242 e. The number of hydrogen-bond acceptors (Lipinski definition) is 4. The molecule has 1 unspecified atom stereocenters. The summed E-state index contributed by atoms with van der Waals surface area (Å²) in [5, 5.41) is 3.49. The third-order valence-corrected chi connectivity index (χ3v) is 7.50. The molecule has 2 aromatic carbocycles. The van der Waals surface area contributed by atoms with Crippen molar-refractivity contribution < 1.29 is 18.0 Å². The normalized spacial score (nSPS) is 12.2. The first-order valence-corrected chi connectivity index (χ1v) is 14.6. The largest absolute Gasteiger partial charge is 0.354 e. The highest BCUT2D eigenvalue weighted by Crippen LogP contribution is 2.31. The Bertz CT molecular complexity index is 1160. The molecule has 0 saturated heterocycles. The molecule has 1 atom stereocenters. The van der Waals surface area contributed by atoms with Crippen LogP contribution in [0.4, 0.5) is 5.69 Å². The van der Waals surface area contributed by atoms with Gasteiger partial charge in [0.05, 0.1) is 17.0 Å². The predicted octanol–water partition coefficient (Wildman–Crippen LogP) is 5.18. The highest BCUT2D eigenvalue weighted by molar-refractivity contribution is 7.92. The summed E-state index contributed by atoms with van der Waals surface area (Å²) in [6.07, 6.45) is 3.19. The van der Waals surface area contributed by atoms with Crippen LogP contribution < -0.4 is 9.62 Å². The van der Waals surface area contributed by atoms with Crippen LogP contribution in [-0.2, 0) is 26.2 Å². The van der Waals surface area contributed by atoms with E-state index in [0.717, 1.165) is 34.5 Å². The van der Waals surface area contributed by atoms with Crippen LogP contribution in [0.1, 0.15) is 50.7 Å². The van der Waals surface area contributed by atoms with Crippen molar-refractivity contribution in [3.63, 3.8) is 0 Å². The van der Waals surface area contributed by atoms with Crippen LogP contribution in [0.2, 0.25) is 10.0 Å². The molecule has 10 heteroatoms. The quantitative estimate of drug-likeness (QED) is 0.345. The zero-order chi connectivity index (χ0) is 26.9. The van der Waals surface area contributed by atoms with Crippen molar-refractivity contribution in [2.45, 2.75) is 59.0 Å². The van der Waals surface area contributed by atoms with Gasteiger partial charge in [0.2, 0.25) is 21.8 Å². The van der Waals surface area contributed by atoms with E-state index in [9.17, 15) is 18.0 Å². The monoisotopic (exact) mass is 555 g/mol. The number of halogens is 2. The van der Waals surface area contributed by atoms with E-state index in [1.54, 1.807) is 17.9 Å². The second-order valence-electron chi connectivity index (χ2n) is 8.87. The maximum Gasteiger partial charge on any atom is 0.242 e. The lowest BCUT2D eigenvalue weighted by atomic mass is 10.1. The summed E-state index contributed by atoms with van der Waals surface area (Å²) in [6, 6.07) is 11.7. The number of amides is 2. The van der Waals surface area contributed by atoms with Crippen molar-refractivity contribution in [3.8, 4) is 0 Å². The summed E-state index contributed by atoms with van der Waals surface area (Å²) in [5.74, 6) is -0.451. The number of unbranched alkanes of at least 4 members (excludes halogenated alkanes) is 1. The summed E-state index contributed by atoms with van der Waals surface area (Å²) in [7, 11) is -3.67. The maximum atomic E-state index is 13.3. The number of sulfonamides is 1. The second-order valence-corrected chi connectivity index (χ2v) is 11.6. The van der Waals surface area contributed by atoms with Crippen LogP contribution in [0.5, 0.6) is 0 Å². The average molecular weight is 557 g/mol. The van der Waals surface area contributed by atoms with Crippen LogP contribution in [0, 0.1) is 6.92 Å². The van der Waals surface area contributed by atoms with Crippen molar-refractivity contribution in [1.82, 2.24) is 10.2 Å². The van der Waals surface area contributed by atoms with Gasteiger partial charge in [-0.15, -0.1) is 0 Å². The Hall–Kier alpha value is -2.29. The molecule has 0 aliphatic heterocycles. The standard InChI is InChI=1S/C26H35Cl2N3O4S/c1-5-6-14-29-26(33)20(3)30(18-21-10-7-9-19(2)16-21)25(32)11-8-15-31(36(4,34)35)24-17-22(27)12-13-23(24)28/h7,9-10,12-13,16-17,20H,5-6,8,11,14-15,18H2,1-4H3,(H,29,33). The molecule has 0 aliphatic rings. The van der Waals surface area contributed by atoms with Crippen molar-refractivity contribution >= 4 is 50.7 Å². The van der Waals surface area contributed by atoms with Gasteiger partial charge >= 0.3 is 0 Å². The molecule has 0 bridgehead atoms. The number of hydrogen-bond donors (Lipinski definition) is 1. The molecule has 0 aromatic heterocycles. The lowest BCUT2D eigenvalue weighted by molar-refractivity contribution is -0.140. The number of nitrogens with zero attached hydrogens (tertiary/aromatic N) is 2. The topological polar surface area (TPSA) is 86.8 Å². The molecule has 2 aromatic rings. The van der Waals surface area contributed by atoms with Gasteiger partial charge in [0.15, 0.2) is 0 Å². The van der Waals surface area contributed by atoms with E-state index in [0.29, 0.717) is 11.6 Å². The Kier molecular flexibility index (Phi) is 11.5. The van der Waals surface area contributed by atoms with Gasteiger partial charge in [-0.3, -0.25) is 13.9 Å². The molecule has 2 amide bonds. The molecule has 0 aliphatic carbocycles. The molecule has 0 fully saturated rings. The molecule has 36 heavy (non-hydrogen) atoms. The average Bonchev–Trinajstić information content (AvgIpc) is 2.81. The van der Waals surface area contributed by atoms with Crippen LogP contribution in [-0.4, -0.2) is 50.5 Å². The van der Waals surface area contributed by atoms with Crippen molar-refractivity contribution in [2.24, 2.45) is 0 Å². The van der Waals surface area contributed by atoms with Crippen LogP contribution >= 0.6 is 23.2 Å². The van der Waals surface area contributed by atoms with E-state index in [-0.39, 0.29) is 48.5 Å². The number of aryl methyl sites for hydroxylation is 1. The van der Waals surface area contributed by atoms with E-state index >= 15 is 0 Å². The van der Waals surface area contributed by atoms with Gasteiger partial charge in [0, 0.05) is 31.1 Å². The number of nitrogens with one attached hydrogen (secondary N) is 1. The molecule has 0 radical (unpaired) electrons. The maximum absolute atomic E-state index is 13.3. The summed E-state index contributed by atoms with van der Waals surface area (Å²) >= 11 is 12.3. The Balaban J connectivity index is 2.18. The number of rotatable bonds is 13. The first kappa shape index (κ1) is 29.9. The summed E-state index contributed by atoms with van der Waals surface area (Å²) < 4.78 is 26.1. The van der Waals surface area contributed by atoms with Gasteiger partial charge < -0.3 is 10.2 Å². The zero-order valence-electron chi connectivity index (χ0n) is 21.3. The van der Waals surface area contributed by atoms with Gasteiger partial charge in [-0.2, -0.15) is 0 Å². The molecular weight excluding hydrogens is 521 g/mol. The minimum absolute atomic E-state index is 0.0417. The zero-order valence-corrected chi connectivity index (χ0v) is 23.6. The number of carbonyl (C=O) groups excluding carboxylic acids is 2. The predicted molar refractivity (Wildman–Crippen MR) is 147 cm³/mol. The Labute approximate surface area is 224 Å². The molecular formula is C26H35Cl2N3O4S. The third-order valence-electron chi connectivity index (χ3n) is 5.76. The highest BCUT2D eigenvalue weighted by atomic mass is 35.5. The summed E-state index contributed by atoms with van der Waals surface area (Å²) in [6.45, 7) is 6.59. The lowest BCUT2D eigenvalue weighted by Crippen LogP contribution is -2.48. The van der Waals surface area contributed by atoms with Crippen LogP contribution in [0.3, 0.4) is 0 Å². The van der Waals surface area contributed by atoms with E-state index in [1.165, 1.54) is 12.1 Å². The lowest BCUT2D eigenvalue weighted by Gasteiger charge is -2.29. The van der Waals surface area contributed by atoms with E-state index in [1.807, 2.05) is 38.1 Å². The fourth-order valence-corrected chi connectivity index (χ4v) is 5.19.